The van der Waals surface area contributed by atoms with E-state index in [4.69, 9.17) is 0 Å². The average Bonchev–Trinajstić information content (AvgIpc) is 3.28. The molecule has 0 saturated heterocycles. The Balaban J connectivity index is 1.61. The van der Waals surface area contributed by atoms with E-state index in [0.717, 1.165) is 28.0 Å². The molecule has 3 aromatic heterocycles. The lowest BCUT2D eigenvalue weighted by Crippen LogP contribution is -1.96. The number of rotatable bonds is 2. The van der Waals surface area contributed by atoms with E-state index in [2.05, 4.69) is 54.9 Å². The number of hydrogen-bond acceptors (Lipinski definition) is 4. The molecule has 0 atom stereocenters. The van der Waals surface area contributed by atoms with E-state index in [1.54, 1.807) is 10.7 Å². The molecule has 5 rings (SSSR count). The number of hydrogen-bond donors (Lipinski definition) is 0. The van der Waals surface area contributed by atoms with Gasteiger partial charge in [0.05, 0.1) is 16.7 Å². The van der Waals surface area contributed by atoms with E-state index in [9.17, 15) is 0 Å². The summed E-state index contributed by atoms with van der Waals surface area (Å²) in [5.41, 5.74) is 5.16. The standard InChI is InChI=1S/C18H12N6/c1-2-4-17-15(3-1)21-12-23(17)14-7-5-13(6-8-14)16-9-10-19-18-20-11-22-24(16)18/h1-12H. The largest absolute Gasteiger partial charge is 0.299 e. The molecule has 6 nitrogen and oxygen atoms in total. The molecule has 0 fully saturated rings. The third-order valence-corrected chi connectivity index (χ3v) is 4.08. The molecular weight excluding hydrogens is 300 g/mol. The van der Waals surface area contributed by atoms with Gasteiger partial charge in [-0.25, -0.2) is 9.97 Å². The molecule has 0 saturated carbocycles. The van der Waals surface area contributed by atoms with E-state index >= 15 is 0 Å². The quantitative estimate of drug-likeness (QED) is 0.502. The zero-order valence-electron chi connectivity index (χ0n) is 12.6. The Kier molecular flexibility index (Phi) is 2.69. The lowest BCUT2D eigenvalue weighted by atomic mass is 10.1. The van der Waals surface area contributed by atoms with Gasteiger partial charge in [-0.1, -0.05) is 24.3 Å². The van der Waals surface area contributed by atoms with E-state index in [1.165, 1.54) is 6.33 Å². The third kappa shape index (κ3) is 1.90. The van der Waals surface area contributed by atoms with Crippen LogP contribution in [0.3, 0.4) is 0 Å². The first-order valence-electron chi connectivity index (χ1n) is 7.58. The summed E-state index contributed by atoms with van der Waals surface area (Å²) in [5.74, 6) is 0.595. The van der Waals surface area contributed by atoms with Crippen molar-refractivity contribution >= 4 is 16.8 Å². The molecule has 0 amide bonds. The number of fused-ring (bicyclic) bond motifs is 2. The molecule has 3 heterocycles. The second-order valence-electron chi connectivity index (χ2n) is 5.45. The SMILES string of the molecule is c1ccc2c(c1)ncn2-c1ccc(-c2ccnc3ncnn23)cc1. The molecule has 114 valence electrons. The highest BCUT2D eigenvalue weighted by atomic mass is 15.3. The molecule has 0 aliphatic carbocycles. The number of imidazole rings is 1. The van der Waals surface area contributed by atoms with Crippen LogP contribution in [0, 0.1) is 0 Å². The summed E-state index contributed by atoms with van der Waals surface area (Å²) in [6.45, 7) is 0. The van der Waals surface area contributed by atoms with Gasteiger partial charge in [0.2, 0.25) is 0 Å². The van der Waals surface area contributed by atoms with Gasteiger partial charge in [-0.2, -0.15) is 14.6 Å². The van der Waals surface area contributed by atoms with Crippen LogP contribution in [0.4, 0.5) is 0 Å². The Bertz CT molecular complexity index is 1150. The summed E-state index contributed by atoms with van der Waals surface area (Å²) >= 11 is 0. The van der Waals surface area contributed by atoms with E-state index in [0.29, 0.717) is 5.78 Å². The highest BCUT2D eigenvalue weighted by molar-refractivity contribution is 5.77. The van der Waals surface area contributed by atoms with Crippen LogP contribution in [0.5, 0.6) is 0 Å². The van der Waals surface area contributed by atoms with Crippen LogP contribution in [0.1, 0.15) is 0 Å². The van der Waals surface area contributed by atoms with Crippen LogP contribution >= 0.6 is 0 Å². The fraction of sp³-hybridized carbons (Fsp3) is 0. The first-order valence-corrected chi connectivity index (χ1v) is 7.58. The minimum absolute atomic E-state index is 0.595. The fourth-order valence-corrected chi connectivity index (χ4v) is 2.91. The number of aromatic nitrogens is 6. The van der Waals surface area contributed by atoms with Crippen LogP contribution in [-0.4, -0.2) is 29.1 Å². The second-order valence-corrected chi connectivity index (χ2v) is 5.45. The Hall–Kier alpha value is -3.54. The predicted octanol–water partition coefficient (Wildman–Crippen LogP) is 3.13. The zero-order chi connectivity index (χ0) is 15.9. The van der Waals surface area contributed by atoms with E-state index in [1.807, 2.05) is 30.6 Å². The first-order chi connectivity index (χ1) is 11.9. The Morgan fingerprint density at radius 1 is 0.792 bits per heavy atom. The topological polar surface area (TPSA) is 60.9 Å². The van der Waals surface area contributed by atoms with Gasteiger partial charge in [0.25, 0.3) is 5.78 Å². The molecule has 0 unspecified atom stereocenters. The highest BCUT2D eigenvalue weighted by Gasteiger charge is 2.07. The fourth-order valence-electron chi connectivity index (χ4n) is 2.91. The van der Waals surface area contributed by atoms with Gasteiger partial charge in [-0.05, 0) is 30.3 Å². The molecule has 2 aromatic carbocycles. The maximum atomic E-state index is 4.44. The van der Waals surface area contributed by atoms with Crippen LogP contribution < -0.4 is 0 Å². The second kappa shape index (κ2) is 4.99. The number of nitrogens with zero attached hydrogens (tertiary/aromatic N) is 6. The van der Waals surface area contributed by atoms with Crippen molar-refractivity contribution < 1.29 is 0 Å². The van der Waals surface area contributed by atoms with Gasteiger partial charge >= 0.3 is 0 Å². The molecule has 0 aliphatic heterocycles. The number of benzene rings is 2. The third-order valence-electron chi connectivity index (χ3n) is 4.08. The van der Waals surface area contributed by atoms with Crippen molar-refractivity contribution in [2.45, 2.75) is 0 Å². The molecule has 24 heavy (non-hydrogen) atoms. The summed E-state index contributed by atoms with van der Waals surface area (Å²) in [6, 6.07) is 18.3. The van der Waals surface area contributed by atoms with Gasteiger partial charge in [0.1, 0.15) is 12.7 Å². The maximum Gasteiger partial charge on any atom is 0.252 e. The Labute approximate surface area is 137 Å². The number of para-hydroxylation sites is 2. The van der Waals surface area contributed by atoms with Gasteiger partial charge in [0.15, 0.2) is 0 Å². The molecule has 5 aromatic rings. The lowest BCUT2D eigenvalue weighted by Gasteiger charge is -2.07. The molecular formula is C18H12N6. The summed E-state index contributed by atoms with van der Waals surface area (Å²) in [7, 11) is 0. The lowest BCUT2D eigenvalue weighted by molar-refractivity contribution is 0.947. The average molecular weight is 312 g/mol. The molecule has 0 radical (unpaired) electrons. The summed E-state index contributed by atoms with van der Waals surface area (Å²) in [6.07, 6.45) is 5.11. The molecule has 0 N–H and O–H groups in total. The van der Waals surface area contributed by atoms with E-state index in [-0.39, 0.29) is 0 Å². The Morgan fingerprint density at radius 2 is 1.67 bits per heavy atom. The van der Waals surface area contributed by atoms with Crippen LogP contribution in [0.15, 0.2) is 73.4 Å². The van der Waals surface area contributed by atoms with Gasteiger partial charge in [-0.15, -0.1) is 0 Å². The van der Waals surface area contributed by atoms with Gasteiger partial charge < -0.3 is 0 Å². The van der Waals surface area contributed by atoms with Crippen molar-refractivity contribution in [3.8, 4) is 16.9 Å². The molecule has 0 bridgehead atoms. The monoisotopic (exact) mass is 312 g/mol. The Morgan fingerprint density at radius 3 is 2.58 bits per heavy atom. The van der Waals surface area contributed by atoms with Crippen LogP contribution in [0.25, 0.3) is 33.8 Å². The summed E-state index contributed by atoms with van der Waals surface area (Å²) < 4.78 is 3.82. The normalized spacial score (nSPS) is 11.3. The van der Waals surface area contributed by atoms with Crippen molar-refractivity contribution in [2.75, 3.05) is 0 Å². The minimum Gasteiger partial charge on any atom is -0.299 e. The molecule has 6 heteroatoms. The van der Waals surface area contributed by atoms with Crippen molar-refractivity contribution in [2.24, 2.45) is 0 Å². The minimum atomic E-state index is 0.595. The van der Waals surface area contributed by atoms with Gasteiger partial charge in [-0.3, -0.25) is 4.57 Å². The summed E-state index contributed by atoms with van der Waals surface area (Å²) in [5, 5.41) is 4.24. The predicted molar refractivity (Wildman–Crippen MR) is 90.8 cm³/mol. The first kappa shape index (κ1) is 13.0. The van der Waals surface area contributed by atoms with Crippen LogP contribution in [0.2, 0.25) is 0 Å². The van der Waals surface area contributed by atoms with Crippen molar-refractivity contribution in [1.29, 1.82) is 0 Å². The highest BCUT2D eigenvalue weighted by Crippen LogP contribution is 2.23. The molecule has 0 aliphatic rings. The van der Waals surface area contributed by atoms with Crippen molar-refractivity contribution in [1.82, 2.24) is 29.1 Å². The smallest absolute Gasteiger partial charge is 0.252 e. The summed E-state index contributed by atoms with van der Waals surface area (Å²) in [4.78, 5) is 12.8. The van der Waals surface area contributed by atoms with Crippen LogP contribution in [-0.2, 0) is 0 Å². The van der Waals surface area contributed by atoms with Gasteiger partial charge in [0, 0.05) is 17.4 Å². The maximum absolute atomic E-state index is 4.44. The van der Waals surface area contributed by atoms with E-state index < -0.39 is 0 Å². The van der Waals surface area contributed by atoms with Crippen molar-refractivity contribution in [3.63, 3.8) is 0 Å². The van der Waals surface area contributed by atoms with Crippen molar-refractivity contribution in [3.05, 3.63) is 73.4 Å². The zero-order valence-corrected chi connectivity index (χ0v) is 12.6. The molecule has 0 spiro atoms.